The minimum atomic E-state index is -0.0184. The summed E-state index contributed by atoms with van der Waals surface area (Å²) in [4.78, 5) is 22.9. The van der Waals surface area contributed by atoms with Crippen molar-refractivity contribution >= 4 is 40.3 Å². The maximum absolute atomic E-state index is 13.3. The van der Waals surface area contributed by atoms with Gasteiger partial charge >= 0.3 is 0 Å². The quantitative estimate of drug-likeness (QED) is 0.513. The van der Waals surface area contributed by atoms with Crippen LogP contribution in [0.1, 0.15) is 49.8 Å². The third-order valence-corrected chi connectivity index (χ3v) is 7.70. The number of thioether (sulfide) groups is 1. The van der Waals surface area contributed by atoms with Crippen LogP contribution in [-0.4, -0.2) is 48.8 Å². The topological polar surface area (TPSA) is 45.1 Å². The highest BCUT2D eigenvalue weighted by molar-refractivity contribution is 8.18. The predicted octanol–water partition coefficient (Wildman–Crippen LogP) is 5.97. The highest BCUT2D eigenvalue weighted by Gasteiger charge is 2.36. The van der Waals surface area contributed by atoms with Gasteiger partial charge in [-0.25, -0.2) is 4.99 Å². The van der Waals surface area contributed by atoms with Crippen LogP contribution < -0.4 is 4.90 Å². The van der Waals surface area contributed by atoms with Crippen molar-refractivity contribution < 1.29 is 9.53 Å². The molecule has 0 radical (unpaired) electrons. The van der Waals surface area contributed by atoms with Gasteiger partial charge in [0.2, 0.25) is 0 Å². The molecule has 0 bridgehead atoms. The lowest BCUT2D eigenvalue weighted by molar-refractivity contribution is -0.122. The molecule has 1 fully saturated rings. The maximum Gasteiger partial charge on any atom is 0.266 e. The molecule has 1 saturated heterocycles. The number of aryl methyl sites for hydroxylation is 1. The number of hydrogen-bond acceptors (Lipinski definition) is 5. The van der Waals surface area contributed by atoms with E-state index in [0.29, 0.717) is 29.1 Å². The molecule has 0 unspecified atom stereocenters. The third-order valence-electron chi connectivity index (χ3n) is 6.70. The molecule has 0 spiro atoms. The highest BCUT2D eigenvalue weighted by atomic mass is 32.2. The molecule has 6 heteroatoms. The number of methoxy groups -OCH3 is 1. The summed E-state index contributed by atoms with van der Waals surface area (Å²) in [6, 6.07) is 14.3. The Balaban J connectivity index is 1.71. The van der Waals surface area contributed by atoms with Crippen LogP contribution in [0.2, 0.25) is 0 Å². The molecule has 0 aromatic heterocycles. The molecular formula is C27H33N3O2S. The summed E-state index contributed by atoms with van der Waals surface area (Å²) in [5, 5.41) is 0.694. The fourth-order valence-corrected chi connectivity index (χ4v) is 5.63. The number of ether oxygens (including phenoxy) is 1. The van der Waals surface area contributed by atoms with E-state index in [1.807, 2.05) is 36.4 Å². The molecule has 33 heavy (non-hydrogen) atoms. The number of amidine groups is 1. The minimum absolute atomic E-state index is 0.0184. The van der Waals surface area contributed by atoms with Crippen LogP contribution in [0.3, 0.4) is 0 Å². The van der Waals surface area contributed by atoms with Crippen molar-refractivity contribution in [3.05, 3.63) is 64.1 Å². The Bertz CT molecular complexity index is 1110. The molecule has 4 rings (SSSR count). The van der Waals surface area contributed by atoms with Gasteiger partial charge in [0.15, 0.2) is 5.17 Å². The molecule has 2 aliphatic heterocycles. The number of aliphatic imine (C=N–C) groups is 1. The van der Waals surface area contributed by atoms with Crippen molar-refractivity contribution in [2.24, 2.45) is 4.99 Å². The van der Waals surface area contributed by atoms with Crippen molar-refractivity contribution in [2.75, 3.05) is 32.2 Å². The second kappa shape index (κ2) is 9.35. The number of carbonyl (C=O) groups is 1. The van der Waals surface area contributed by atoms with E-state index in [1.165, 1.54) is 28.6 Å². The van der Waals surface area contributed by atoms with Gasteiger partial charge in [-0.2, -0.15) is 0 Å². The number of hydrogen-bond donors (Lipinski definition) is 0. The molecule has 2 aromatic carbocycles. The Morgan fingerprint density at radius 2 is 1.97 bits per heavy atom. The third kappa shape index (κ3) is 4.73. The van der Waals surface area contributed by atoms with Crippen molar-refractivity contribution in [2.45, 2.75) is 45.6 Å². The van der Waals surface area contributed by atoms with E-state index < -0.39 is 0 Å². The van der Waals surface area contributed by atoms with E-state index in [0.717, 1.165) is 17.7 Å². The number of nitrogens with zero attached hydrogens (tertiary/aromatic N) is 3. The largest absolute Gasteiger partial charge is 0.383 e. The predicted molar refractivity (Wildman–Crippen MR) is 139 cm³/mol. The number of para-hydroxylation sites is 1. The summed E-state index contributed by atoms with van der Waals surface area (Å²) in [6.45, 7) is 9.96. The number of fused-ring (bicyclic) bond motifs is 1. The first-order valence-electron chi connectivity index (χ1n) is 11.4. The average molecular weight is 464 g/mol. The van der Waals surface area contributed by atoms with E-state index in [4.69, 9.17) is 9.73 Å². The first-order chi connectivity index (χ1) is 15.7. The first kappa shape index (κ1) is 23.6. The van der Waals surface area contributed by atoms with Gasteiger partial charge in [-0.05, 0) is 91.9 Å². The van der Waals surface area contributed by atoms with E-state index in [1.54, 1.807) is 12.0 Å². The van der Waals surface area contributed by atoms with E-state index >= 15 is 0 Å². The zero-order chi connectivity index (χ0) is 23.8. The Labute approximate surface area is 201 Å². The average Bonchev–Trinajstić information content (AvgIpc) is 3.06. The number of benzene rings is 2. The summed E-state index contributed by atoms with van der Waals surface area (Å²) in [5.74, 6) is 0.444. The van der Waals surface area contributed by atoms with Crippen molar-refractivity contribution in [3.8, 4) is 0 Å². The van der Waals surface area contributed by atoms with Crippen LogP contribution >= 0.6 is 11.8 Å². The number of amides is 1. The lowest BCUT2D eigenvalue weighted by Gasteiger charge is -2.45. The normalized spacial score (nSPS) is 22.4. The summed E-state index contributed by atoms with van der Waals surface area (Å²) in [5.41, 5.74) is 5.86. The van der Waals surface area contributed by atoms with Gasteiger partial charge < -0.3 is 9.64 Å². The second-order valence-electron chi connectivity index (χ2n) is 9.53. The smallest absolute Gasteiger partial charge is 0.266 e. The van der Waals surface area contributed by atoms with E-state index in [-0.39, 0.29) is 11.4 Å². The highest BCUT2D eigenvalue weighted by Crippen LogP contribution is 2.44. The molecule has 2 heterocycles. The monoisotopic (exact) mass is 463 g/mol. The van der Waals surface area contributed by atoms with Gasteiger partial charge in [-0.15, -0.1) is 0 Å². The van der Waals surface area contributed by atoms with Gasteiger partial charge in [-0.3, -0.25) is 9.69 Å². The maximum atomic E-state index is 13.3. The summed E-state index contributed by atoms with van der Waals surface area (Å²) < 4.78 is 5.24. The van der Waals surface area contributed by atoms with Gasteiger partial charge in [0.05, 0.1) is 23.7 Å². The Hall–Kier alpha value is -2.57. The van der Waals surface area contributed by atoms with E-state index in [9.17, 15) is 4.79 Å². The van der Waals surface area contributed by atoms with Crippen molar-refractivity contribution in [3.63, 3.8) is 0 Å². The molecule has 1 amide bonds. The fraction of sp³-hybridized carbons (Fsp3) is 0.407. The fourth-order valence-electron chi connectivity index (χ4n) is 4.62. The van der Waals surface area contributed by atoms with Crippen molar-refractivity contribution in [1.29, 1.82) is 0 Å². The molecule has 5 nitrogen and oxygen atoms in total. The first-order valence-corrected chi connectivity index (χ1v) is 12.3. The Kier molecular flexibility index (Phi) is 6.68. The molecule has 174 valence electrons. The van der Waals surface area contributed by atoms with Gasteiger partial charge in [0, 0.05) is 25.4 Å². The number of anilines is 1. The van der Waals surface area contributed by atoms with Crippen LogP contribution in [0.15, 0.2) is 52.4 Å². The zero-order valence-corrected chi connectivity index (χ0v) is 21.2. The molecule has 0 N–H and O–H groups in total. The van der Waals surface area contributed by atoms with Gasteiger partial charge in [0.25, 0.3) is 5.91 Å². The van der Waals surface area contributed by atoms with Gasteiger partial charge in [-0.1, -0.05) is 25.1 Å². The summed E-state index contributed by atoms with van der Waals surface area (Å²) >= 11 is 1.44. The molecule has 0 saturated carbocycles. The molecule has 2 aliphatic rings. The van der Waals surface area contributed by atoms with Crippen LogP contribution in [0, 0.1) is 6.92 Å². The molecule has 1 atom stereocenters. The molecular weight excluding hydrogens is 430 g/mol. The minimum Gasteiger partial charge on any atom is -0.383 e. The molecule has 2 aromatic rings. The van der Waals surface area contributed by atoms with Crippen LogP contribution in [-0.2, 0) is 9.53 Å². The standard InChI is InChI=1S/C27H33N3O2S/c1-18-14-23-22(19(2)17-27(3,4)29(23)5)15-20(18)16-24-25(31)30(12-13-32-6)26(33-24)28-21-10-8-7-9-11-21/h7-11,14-16,19H,12-13,17H2,1-6H3/b24-16-,28-26?/t19-/m0/s1. The number of rotatable bonds is 5. The summed E-state index contributed by atoms with van der Waals surface area (Å²) in [6.07, 6.45) is 3.13. The zero-order valence-electron chi connectivity index (χ0n) is 20.4. The lowest BCUT2D eigenvalue weighted by Crippen LogP contribution is -2.45. The second-order valence-corrected chi connectivity index (χ2v) is 10.5. The molecule has 0 aliphatic carbocycles. The Morgan fingerprint density at radius 3 is 2.67 bits per heavy atom. The Morgan fingerprint density at radius 1 is 1.24 bits per heavy atom. The van der Waals surface area contributed by atoms with Crippen LogP contribution in [0.4, 0.5) is 11.4 Å². The van der Waals surface area contributed by atoms with Crippen LogP contribution in [0.5, 0.6) is 0 Å². The van der Waals surface area contributed by atoms with E-state index in [2.05, 4.69) is 51.8 Å². The van der Waals surface area contributed by atoms with Crippen LogP contribution in [0.25, 0.3) is 6.08 Å². The summed E-state index contributed by atoms with van der Waals surface area (Å²) in [7, 11) is 3.83. The number of carbonyl (C=O) groups excluding carboxylic acids is 1. The van der Waals surface area contributed by atoms with Crippen molar-refractivity contribution in [1.82, 2.24) is 4.90 Å². The SMILES string of the molecule is COCCN1C(=O)/C(=C/c2cc3c(cc2C)N(C)C(C)(C)C[C@@H]3C)SC1=Nc1ccccc1. The lowest BCUT2D eigenvalue weighted by atomic mass is 9.79. The van der Waals surface area contributed by atoms with Gasteiger partial charge in [0.1, 0.15) is 0 Å².